The van der Waals surface area contributed by atoms with E-state index in [2.05, 4.69) is 13.8 Å². The number of carbonyl (C=O) groups excluding carboxylic acids is 2. The summed E-state index contributed by atoms with van der Waals surface area (Å²) in [6.07, 6.45) is 1.42. The zero-order valence-corrected chi connectivity index (χ0v) is 20.9. The molecule has 2 heterocycles. The lowest BCUT2D eigenvalue weighted by Gasteiger charge is -2.26. The summed E-state index contributed by atoms with van der Waals surface area (Å²) in [5.41, 5.74) is 4.72. The highest BCUT2D eigenvalue weighted by Gasteiger charge is 2.46. The van der Waals surface area contributed by atoms with Crippen molar-refractivity contribution in [2.45, 2.75) is 51.7 Å². The monoisotopic (exact) mass is 481 g/mol. The van der Waals surface area contributed by atoms with Gasteiger partial charge in [0.25, 0.3) is 11.7 Å². The highest BCUT2D eigenvalue weighted by molar-refractivity contribution is 6.46. The van der Waals surface area contributed by atoms with Gasteiger partial charge in [-0.05, 0) is 59.7 Å². The standard InChI is InChI=1S/C31H31NO4/c1-19(2)22-9-11-23(12-10-22)28-27(29(33)24-13-14-26-25(18-24)17-20(3)36-26)30(34)31(35)32(28)16-15-21-7-5-4-6-8-21/h4-14,18-20,28,33H,15-17H2,1-3H3/b29-27+/t20-,28+/m1/s1. The Bertz CT molecular complexity index is 1320. The molecule has 0 spiro atoms. The van der Waals surface area contributed by atoms with Crippen molar-refractivity contribution in [2.24, 2.45) is 0 Å². The maximum absolute atomic E-state index is 13.4. The first-order valence-corrected chi connectivity index (χ1v) is 12.6. The summed E-state index contributed by atoms with van der Waals surface area (Å²) in [6, 6.07) is 22.7. The second-order valence-electron chi connectivity index (χ2n) is 10.0. The van der Waals surface area contributed by atoms with Crippen molar-refractivity contribution in [3.05, 3.63) is 106 Å². The normalized spacial score (nSPS) is 20.6. The number of likely N-dealkylation sites (tertiary alicyclic amines) is 1. The Morgan fingerprint density at radius 1 is 1.03 bits per heavy atom. The fourth-order valence-corrected chi connectivity index (χ4v) is 5.14. The summed E-state index contributed by atoms with van der Waals surface area (Å²) in [7, 11) is 0. The number of fused-ring (bicyclic) bond motifs is 1. The minimum atomic E-state index is -0.654. The fraction of sp³-hybridized carbons (Fsp3) is 0.290. The van der Waals surface area contributed by atoms with E-state index < -0.39 is 17.7 Å². The number of nitrogens with zero attached hydrogens (tertiary/aromatic N) is 1. The highest BCUT2D eigenvalue weighted by Crippen LogP contribution is 2.41. The molecule has 0 aliphatic carbocycles. The summed E-state index contributed by atoms with van der Waals surface area (Å²) in [6.45, 7) is 6.62. The highest BCUT2D eigenvalue weighted by atomic mass is 16.5. The van der Waals surface area contributed by atoms with Crippen LogP contribution in [0.2, 0.25) is 0 Å². The number of hydrogen-bond acceptors (Lipinski definition) is 4. The molecule has 0 aromatic heterocycles. The van der Waals surface area contributed by atoms with Crippen LogP contribution < -0.4 is 4.74 Å². The quantitative estimate of drug-likeness (QED) is 0.275. The van der Waals surface area contributed by atoms with E-state index in [1.165, 1.54) is 5.56 Å². The first-order chi connectivity index (χ1) is 17.3. The van der Waals surface area contributed by atoms with Gasteiger partial charge in [0, 0.05) is 18.5 Å². The summed E-state index contributed by atoms with van der Waals surface area (Å²) >= 11 is 0. The SMILES string of the molecule is CC(C)c1ccc([C@H]2/C(=C(\O)c3ccc4c(c3)C[C@@H](C)O4)C(=O)C(=O)N2CCc2ccccc2)cc1. The van der Waals surface area contributed by atoms with E-state index in [1.54, 1.807) is 11.0 Å². The van der Waals surface area contributed by atoms with Crippen LogP contribution in [0.4, 0.5) is 0 Å². The number of aliphatic hydroxyl groups excluding tert-OH is 1. The number of Topliss-reactive ketones (excluding diaryl/α,β-unsaturated/α-hetero) is 1. The minimum absolute atomic E-state index is 0.0698. The van der Waals surface area contributed by atoms with Crippen LogP contribution in [0.25, 0.3) is 5.76 Å². The van der Waals surface area contributed by atoms with Gasteiger partial charge in [0.2, 0.25) is 0 Å². The predicted molar refractivity (Wildman–Crippen MR) is 140 cm³/mol. The van der Waals surface area contributed by atoms with Gasteiger partial charge >= 0.3 is 0 Å². The summed E-state index contributed by atoms with van der Waals surface area (Å²) in [5, 5.41) is 11.4. The number of benzene rings is 3. The summed E-state index contributed by atoms with van der Waals surface area (Å²) in [4.78, 5) is 28.2. The molecule has 1 amide bonds. The van der Waals surface area contributed by atoms with Gasteiger partial charge in [0.15, 0.2) is 0 Å². The summed E-state index contributed by atoms with van der Waals surface area (Å²) in [5.74, 6) is -0.217. The molecule has 1 saturated heterocycles. The van der Waals surface area contributed by atoms with Gasteiger partial charge < -0.3 is 14.7 Å². The van der Waals surface area contributed by atoms with Gasteiger partial charge in [-0.2, -0.15) is 0 Å². The van der Waals surface area contributed by atoms with Gasteiger partial charge in [-0.25, -0.2) is 0 Å². The largest absolute Gasteiger partial charge is 0.507 e. The van der Waals surface area contributed by atoms with Crippen molar-refractivity contribution in [2.75, 3.05) is 6.54 Å². The van der Waals surface area contributed by atoms with Crippen molar-refractivity contribution in [3.63, 3.8) is 0 Å². The van der Waals surface area contributed by atoms with Gasteiger partial charge in [-0.3, -0.25) is 9.59 Å². The van der Waals surface area contributed by atoms with Gasteiger partial charge in [-0.1, -0.05) is 68.4 Å². The van der Waals surface area contributed by atoms with Crippen LogP contribution in [0.1, 0.15) is 60.5 Å². The molecular weight excluding hydrogens is 450 g/mol. The molecular formula is C31H31NO4. The van der Waals surface area contributed by atoms with Gasteiger partial charge in [0.1, 0.15) is 17.6 Å². The van der Waals surface area contributed by atoms with Crippen LogP contribution in [-0.2, 0) is 22.4 Å². The zero-order valence-electron chi connectivity index (χ0n) is 20.9. The molecule has 2 aliphatic rings. The minimum Gasteiger partial charge on any atom is -0.507 e. The third-order valence-electron chi connectivity index (χ3n) is 7.11. The number of ether oxygens (including phenoxy) is 1. The molecule has 2 aliphatic heterocycles. The average Bonchev–Trinajstić information content (AvgIpc) is 3.38. The molecule has 5 nitrogen and oxygen atoms in total. The van der Waals surface area contributed by atoms with E-state index in [0.717, 1.165) is 28.9 Å². The summed E-state index contributed by atoms with van der Waals surface area (Å²) < 4.78 is 5.79. The van der Waals surface area contributed by atoms with E-state index in [9.17, 15) is 14.7 Å². The molecule has 5 heteroatoms. The van der Waals surface area contributed by atoms with Crippen molar-refractivity contribution in [3.8, 4) is 5.75 Å². The number of amides is 1. The molecule has 1 fully saturated rings. The van der Waals surface area contributed by atoms with Gasteiger partial charge in [-0.15, -0.1) is 0 Å². The molecule has 0 unspecified atom stereocenters. The maximum Gasteiger partial charge on any atom is 0.295 e. The first-order valence-electron chi connectivity index (χ1n) is 12.6. The molecule has 0 radical (unpaired) electrons. The predicted octanol–water partition coefficient (Wildman–Crippen LogP) is 5.80. The Kier molecular flexibility index (Phi) is 6.40. The molecule has 5 rings (SSSR count). The Morgan fingerprint density at radius 2 is 1.75 bits per heavy atom. The van der Waals surface area contributed by atoms with Gasteiger partial charge in [0.05, 0.1) is 11.6 Å². The Morgan fingerprint density at radius 3 is 2.44 bits per heavy atom. The van der Waals surface area contributed by atoms with Crippen LogP contribution >= 0.6 is 0 Å². The number of aliphatic hydroxyl groups is 1. The third kappa shape index (κ3) is 4.41. The lowest BCUT2D eigenvalue weighted by atomic mass is 9.92. The number of ketones is 1. The molecule has 2 atom stereocenters. The Balaban J connectivity index is 1.57. The average molecular weight is 482 g/mol. The molecule has 0 saturated carbocycles. The molecule has 3 aromatic rings. The Hall–Kier alpha value is -3.86. The van der Waals surface area contributed by atoms with E-state index in [1.807, 2.05) is 73.7 Å². The van der Waals surface area contributed by atoms with Crippen molar-refractivity contribution >= 4 is 17.4 Å². The second kappa shape index (κ2) is 9.65. The molecule has 3 aromatic carbocycles. The van der Waals surface area contributed by atoms with Crippen molar-refractivity contribution in [1.29, 1.82) is 0 Å². The van der Waals surface area contributed by atoms with Crippen LogP contribution in [0, 0.1) is 0 Å². The van der Waals surface area contributed by atoms with E-state index in [4.69, 9.17) is 4.74 Å². The molecule has 0 bridgehead atoms. The van der Waals surface area contributed by atoms with Crippen LogP contribution in [-0.4, -0.2) is 34.3 Å². The lowest BCUT2D eigenvalue weighted by Crippen LogP contribution is -2.31. The fourth-order valence-electron chi connectivity index (χ4n) is 5.14. The van der Waals surface area contributed by atoms with E-state index >= 15 is 0 Å². The molecule has 184 valence electrons. The number of carbonyl (C=O) groups is 2. The third-order valence-corrected chi connectivity index (χ3v) is 7.11. The lowest BCUT2D eigenvalue weighted by molar-refractivity contribution is -0.139. The molecule has 36 heavy (non-hydrogen) atoms. The van der Waals surface area contributed by atoms with Crippen LogP contribution in [0.15, 0.2) is 78.4 Å². The first kappa shape index (κ1) is 23.9. The number of rotatable bonds is 6. The smallest absolute Gasteiger partial charge is 0.295 e. The van der Waals surface area contributed by atoms with E-state index in [-0.39, 0.29) is 17.4 Å². The Labute approximate surface area is 212 Å². The van der Waals surface area contributed by atoms with Crippen molar-refractivity contribution < 1.29 is 19.4 Å². The van der Waals surface area contributed by atoms with Crippen molar-refractivity contribution in [1.82, 2.24) is 4.90 Å². The van der Waals surface area contributed by atoms with Crippen LogP contribution in [0.5, 0.6) is 5.75 Å². The van der Waals surface area contributed by atoms with E-state index in [0.29, 0.717) is 24.4 Å². The molecule has 1 N–H and O–H groups in total. The van der Waals surface area contributed by atoms with Crippen LogP contribution in [0.3, 0.4) is 0 Å². The second-order valence-corrected chi connectivity index (χ2v) is 10.0. The number of hydrogen-bond donors (Lipinski definition) is 1. The topological polar surface area (TPSA) is 66.8 Å². The maximum atomic E-state index is 13.4. The zero-order chi connectivity index (χ0) is 25.4.